The number of hydrogen-bond acceptors (Lipinski definition) is 6. The topological polar surface area (TPSA) is 95.7 Å². The number of carbonyl (C=O) groups is 2. The summed E-state index contributed by atoms with van der Waals surface area (Å²) in [5.41, 5.74) is 0.780. The molecule has 0 saturated carbocycles. The van der Waals surface area contributed by atoms with Gasteiger partial charge >= 0.3 is 0 Å². The molecule has 0 aliphatic carbocycles. The van der Waals surface area contributed by atoms with Gasteiger partial charge in [-0.25, -0.2) is 0 Å². The van der Waals surface area contributed by atoms with Crippen LogP contribution in [0.4, 0.5) is 5.69 Å². The number of ketones is 2. The molecular weight excluding hydrogens is 326 g/mol. The van der Waals surface area contributed by atoms with Gasteiger partial charge in [0.2, 0.25) is 5.78 Å². The molecule has 0 atom stereocenters. The highest BCUT2D eigenvalue weighted by molar-refractivity contribution is 6.14. The van der Waals surface area contributed by atoms with Gasteiger partial charge in [-0.2, -0.15) is 0 Å². The third-order valence-corrected chi connectivity index (χ3v) is 3.46. The molecule has 2 aromatic rings. The first-order valence-corrected chi connectivity index (χ1v) is 7.39. The van der Waals surface area contributed by atoms with Gasteiger partial charge < -0.3 is 9.47 Å². The zero-order chi connectivity index (χ0) is 18.0. The quantitative estimate of drug-likeness (QED) is 0.471. The number of non-ortho nitro benzene ring substituents is 1. The summed E-state index contributed by atoms with van der Waals surface area (Å²) in [6.45, 7) is 1.34. The Morgan fingerprint density at radius 3 is 2.80 bits per heavy atom. The minimum absolute atomic E-state index is 0.0664. The molecule has 2 aromatic carbocycles. The lowest BCUT2D eigenvalue weighted by Gasteiger charge is -2.04. The van der Waals surface area contributed by atoms with E-state index < -0.39 is 4.92 Å². The third kappa shape index (κ3) is 3.55. The molecule has 1 aliphatic heterocycles. The first-order valence-electron chi connectivity index (χ1n) is 7.39. The number of rotatable bonds is 5. The standard InChI is InChI=1S/C18H13NO6/c1-11(20)10-24-14-5-6-15-16(9-14)25-17(18(15)21)8-12-3-2-4-13(7-12)19(22)23/h2-9H,10H2,1H3. The monoisotopic (exact) mass is 339 g/mol. The maximum atomic E-state index is 12.4. The van der Waals surface area contributed by atoms with Crippen molar-refractivity contribution in [3.8, 4) is 11.5 Å². The fraction of sp³-hybridized carbons (Fsp3) is 0.111. The minimum Gasteiger partial charge on any atom is -0.486 e. The van der Waals surface area contributed by atoms with E-state index in [1.54, 1.807) is 18.2 Å². The molecule has 0 amide bonds. The van der Waals surface area contributed by atoms with Crippen molar-refractivity contribution in [2.45, 2.75) is 6.92 Å². The van der Waals surface area contributed by atoms with Crippen LogP contribution in [0.2, 0.25) is 0 Å². The average molecular weight is 339 g/mol. The molecule has 0 aromatic heterocycles. The summed E-state index contributed by atoms with van der Waals surface area (Å²) in [5, 5.41) is 10.8. The number of allylic oxidation sites excluding steroid dienone is 1. The van der Waals surface area contributed by atoms with Crippen molar-refractivity contribution in [2.75, 3.05) is 6.61 Å². The first-order chi connectivity index (χ1) is 11.9. The largest absolute Gasteiger partial charge is 0.486 e. The lowest BCUT2D eigenvalue weighted by Crippen LogP contribution is -2.06. The van der Waals surface area contributed by atoms with Crippen LogP contribution in [0.5, 0.6) is 11.5 Å². The van der Waals surface area contributed by atoms with E-state index in [1.165, 1.54) is 37.3 Å². The van der Waals surface area contributed by atoms with Gasteiger partial charge in [0.1, 0.15) is 18.1 Å². The molecule has 1 aliphatic rings. The fourth-order valence-electron chi connectivity index (χ4n) is 2.32. The lowest BCUT2D eigenvalue weighted by atomic mass is 10.1. The molecule has 0 saturated heterocycles. The third-order valence-electron chi connectivity index (χ3n) is 3.46. The zero-order valence-electron chi connectivity index (χ0n) is 13.2. The Labute approximate surface area is 142 Å². The normalized spacial score (nSPS) is 14.1. The molecule has 3 rings (SSSR count). The van der Waals surface area contributed by atoms with E-state index in [2.05, 4.69) is 0 Å². The highest BCUT2D eigenvalue weighted by Crippen LogP contribution is 2.35. The second-order valence-electron chi connectivity index (χ2n) is 5.44. The van der Waals surface area contributed by atoms with Crippen molar-refractivity contribution in [1.29, 1.82) is 0 Å². The molecule has 0 bridgehead atoms. The number of nitrogens with zero attached hydrogens (tertiary/aromatic N) is 1. The summed E-state index contributed by atoms with van der Waals surface area (Å²) in [7, 11) is 0. The van der Waals surface area contributed by atoms with Gasteiger partial charge in [0.25, 0.3) is 5.69 Å². The van der Waals surface area contributed by atoms with Crippen LogP contribution in [-0.4, -0.2) is 23.1 Å². The predicted molar refractivity (Wildman–Crippen MR) is 88.6 cm³/mol. The number of hydrogen-bond donors (Lipinski definition) is 0. The molecule has 0 N–H and O–H groups in total. The summed E-state index contributed by atoms with van der Waals surface area (Å²) < 4.78 is 10.8. The van der Waals surface area contributed by atoms with Crippen LogP contribution in [0.15, 0.2) is 48.2 Å². The van der Waals surface area contributed by atoms with E-state index in [-0.39, 0.29) is 29.6 Å². The summed E-state index contributed by atoms with van der Waals surface area (Å²) in [4.78, 5) is 33.7. The Morgan fingerprint density at radius 2 is 2.08 bits per heavy atom. The van der Waals surface area contributed by atoms with Crippen LogP contribution in [0.1, 0.15) is 22.8 Å². The number of benzene rings is 2. The second kappa shape index (κ2) is 6.56. The number of nitro benzene ring substituents is 1. The molecule has 7 nitrogen and oxygen atoms in total. The number of fused-ring (bicyclic) bond motifs is 1. The summed E-state index contributed by atoms with van der Waals surface area (Å²) in [6, 6.07) is 10.6. The van der Waals surface area contributed by atoms with Gasteiger partial charge in [-0.05, 0) is 30.7 Å². The summed E-state index contributed by atoms with van der Waals surface area (Å²) in [5.74, 6) is 0.365. The molecular formula is C18H13NO6. The molecule has 126 valence electrons. The number of nitro groups is 1. The van der Waals surface area contributed by atoms with Gasteiger partial charge in [-0.3, -0.25) is 19.7 Å². The molecule has 0 fully saturated rings. The van der Waals surface area contributed by atoms with E-state index in [4.69, 9.17) is 9.47 Å². The van der Waals surface area contributed by atoms with E-state index >= 15 is 0 Å². The maximum Gasteiger partial charge on any atom is 0.270 e. The van der Waals surface area contributed by atoms with Crippen molar-refractivity contribution in [3.63, 3.8) is 0 Å². The van der Waals surface area contributed by atoms with Crippen molar-refractivity contribution in [3.05, 3.63) is 69.5 Å². The van der Waals surface area contributed by atoms with Gasteiger partial charge in [-0.15, -0.1) is 0 Å². The van der Waals surface area contributed by atoms with E-state index in [1.807, 2.05) is 0 Å². The van der Waals surface area contributed by atoms with Crippen LogP contribution in [-0.2, 0) is 4.79 Å². The van der Waals surface area contributed by atoms with Crippen molar-refractivity contribution in [1.82, 2.24) is 0 Å². The van der Waals surface area contributed by atoms with Crippen molar-refractivity contribution >= 4 is 23.3 Å². The van der Waals surface area contributed by atoms with Crippen molar-refractivity contribution in [2.24, 2.45) is 0 Å². The number of Topliss-reactive ketones (excluding diaryl/α,β-unsaturated/α-hetero) is 2. The Kier molecular flexibility index (Phi) is 4.30. The SMILES string of the molecule is CC(=O)COc1ccc2c(c1)OC(=Cc1cccc([N+](=O)[O-])c1)C2=O. The Balaban J connectivity index is 1.85. The van der Waals surface area contributed by atoms with Gasteiger partial charge in [0.15, 0.2) is 11.5 Å². The first kappa shape index (κ1) is 16.4. The van der Waals surface area contributed by atoms with Crippen LogP contribution in [0.25, 0.3) is 6.08 Å². The molecule has 1 heterocycles. The summed E-state index contributed by atoms with van der Waals surface area (Å²) >= 11 is 0. The summed E-state index contributed by atoms with van der Waals surface area (Å²) in [6.07, 6.45) is 1.45. The number of carbonyl (C=O) groups excluding carboxylic acids is 2. The number of ether oxygens (including phenoxy) is 2. The molecule has 25 heavy (non-hydrogen) atoms. The smallest absolute Gasteiger partial charge is 0.270 e. The zero-order valence-corrected chi connectivity index (χ0v) is 13.2. The Morgan fingerprint density at radius 1 is 1.28 bits per heavy atom. The van der Waals surface area contributed by atoms with E-state index in [0.717, 1.165) is 0 Å². The van der Waals surface area contributed by atoms with Crippen LogP contribution in [0.3, 0.4) is 0 Å². The fourth-order valence-corrected chi connectivity index (χ4v) is 2.32. The molecule has 7 heteroatoms. The Hall–Kier alpha value is -3.48. The molecule has 0 unspecified atom stereocenters. The second-order valence-corrected chi connectivity index (χ2v) is 5.44. The minimum atomic E-state index is -0.507. The van der Waals surface area contributed by atoms with Gasteiger partial charge in [0.05, 0.1) is 10.5 Å². The van der Waals surface area contributed by atoms with Crippen molar-refractivity contribution < 1.29 is 24.0 Å². The highest BCUT2D eigenvalue weighted by atomic mass is 16.6. The maximum absolute atomic E-state index is 12.4. The van der Waals surface area contributed by atoms with Gasteiger partial charge in [-0.1, -0.05) is 12.1 Å². The molecule has 0 spiro atoms. The van der Waals surface area contributed by atoms with Crippen LogP contribution >= 0.6 is 0 Å². The average Bonchev–Trinajstić information content (AvgIpc) is 2.88. The van der Waals surface area contributed by atoms with Crippen LogP contribution < -0.4 is 9.47 Å². The Bertz CT molecular complexity index is 916. The van der Waals surface area contributed by atoms with Gasteiger partial charge in [0, 0.05) is 18.2 Å². The molecule has 0 radical (unpaired) electrons. The highest BCUT2D eigenvalue weighted by Gasteiger charge is 2.27. The van der Waals surface area contributed by atoms with E-state index in [9.17, 15) is 19.7 Å². The lowest BCUT2D eigenvalue weighted by molar-refractivity contribution is -0.384. The van der Waals surface area contributed by atoms with E-state index in [0.29, 0.717) is 22.6 Å². The van der Waals surface area contributed by atoms with Crippen LogP contribution in [0, 0.1) is 10.1 Å². The predicted octanol–water partition coefficient (Wildman–Crippen LogP) is 3.18.